The lowest BCUT2D eigenvalue weighted by molar-refractivity contribution is -0.124. The van der Waals surface area contributed by atoms with Crippen molar-refractivity contribution in [3.63, 3.8) is 0 Å². The molecule has 1 aliphatic carbocycles. The number of benzene rings is 2. The van der Waals surface area contributed by atoms with Gasteiger partial charge in [0.15, 0.2) is 5.11 Å². The average molecular weight is 441 g/mol. The number of hydrogen-bond acceptors (Lipinski definition) is 3. The summed E-state index contributed by atoms with van der Waals surface area (Å²) in [6.45, 7) is 0.476. The molecule has 1 aliphatic heterocycles. The van der Waals surface area contributed by atoms with Gasteiger partial charge in [-0.25, -0.2) is 0 Å². The minimum absolute atomic E-state index is 0.0115. The standard InChI is InChI=1S/C24H25ClN2O2S/c1-26-22(23(28)27(24(26)30)20-5-3-2-4-6-20)15-17-9-13-21(14-10-17)29-16-18-7-11-19(25)12-8-18/h7-15,20H,2-6,16H2,1H3/b22-15-. The van der Waals surface area contributed by atoms with E-state index in [4.69, 9.17) is 28.6 Å². The maximum absolute atomic E-state index is 13.1. The van der Waals surface area contributed by atoms with E-state index in [-0.39, 0.29) is 11.9 Å². The SMILES string of the molecule is CN1C(=S)N(C2CCCCC2)C(=O)/C1=C/c1ccc(OCc2ccc(Cl)cc2)cc1. The number of rotatable bonds is 5. The fraction of sp³-hybridized carbons (Fsp3) is 0.333. The normalized spacial score (nSPS) is 19.1. The zero-order chi connectivity index (χ0) is 21.1. The summed E-state index contributed by atoms with van der Waals surface area (Å²) in [6.07, 6.45) is 7.55. The zero-order valence-electron chi connectivity index (χ0n) is 17.0. The number of hydrogen-bond donors (Lipinski definition) is 0. The quantitative estimate of drug-likeness (QED) is 0.444. The molecule has 0 bridgehead atoms. The van der Waals surface area contributed by atoms with Gasteiger partial charge in [0.05, 0.1) is 0 Å². The van der Waals surface area contributed by atoms with Crippen molar-refractivity contribution in [2.24, 2.45) is 0 Å². The molecular weight excluding hydrogens is 416 g/mol. The van der Waals surface area contributed by atoms with Gasteiger partial charge in [-0.05, 0) is 66.5 Å². The number of amides is 1. The van der Waals surface area contributed by atoms with E-state index in [1.165, 1.54) is 6.42 Å². The van der Waals surface area contributed by atoms with E-state index < -0.39 is 0 Å². The first-order valence-electron chi connectivity index (χ1n) is 10.3. The fourth-order valence-electron chi connectivity index (χ4n) is 4.00. The third kappa shape index (κ3) is 4.52. The third-order valence-corrected chi connectivity index (χ3v) is 6.46. The largest absolute Gasteiger partial charge is 0.489 e. The van der Waals surface area contributed by atoms with Crippen LogP contribution in [0.3, 0.4) is 0 Å². The summed E-state index contributed by atoms with van der Waals surface area (Å²) < 4.78 is 5.84. The van der Waals surface area contributed by atoms with E-state index >= 15 is 0 Å². The minimum Gasteiger partial charge on any atom is -0.489 e. The van der Waals surface area contributed by atoms with Crippen LogP contribution in [-0.2, 0) is 11.4 Å². The van der Waals surface area contributed by atoms with Crippen molar-refractivity contribution in [3.8, 4) is 5.75 Å². The van der Waals surface area contributed by atoms with Gasteiger partial charge < -0.3 is 9.64 Å². The molecule has 2 aliphatic rings. The minimum atomic E-state index is 0.0115. The Kier molecular flexibility index (Phi) is 6.40. The lowest BCUT2D eigenvalue weighted by Gasteiger charge is -2.30. The van der Waals surface area contributed by atoms with Crippen molar-refractivity contribution in [3.05, 3.63) is 70.4 Å². The Balaban J connectivity index is 1.44. The van der Waals surface area contributed by atoms with Crippen LogP contribution in [0.2, 0.25) is 5.02 Å². The summed E-state index contributed by atoms with van der Waals surface area (Å²) in [6, 6.07) is 15.6. The maximum atomic E-state index is 13.1. The van der Waals surface area contributed by atoms with Crippen molar-refractivity contribution in [2.75, 3.05) is 7.05 Å². The Hall–Kier alpha value is -2.37. The topological polar surface area (TPSA) is 32.8 Å². The molecule has 30 heavy (non-hydrogen) atoms. The van der Waals surface area contributed by atoms with Crippen LogP contribution in [0.5, 0.6) is 5.75 Å². The van der Waals surface area contributed by atoms with Crippen molar-refractivity contribution in [2.45, 2.75) is 44.8 Å². The van der Waals surface area contributed by atoms with Crippen LogP contribution in [-0.4, -0.2) is 33.9 Å². The molecule has 4 rings (SSSR count). The van der Waals surface area contributed by atoms with Crippen molar-refractivity contribution >= 4 is 40.9 Å². The van der Waals surface area contributed by atoms with Crippen molar-refractivity contribution in [1.29, 1.82) is 0 Å². The van der Waals surface area contributed by atoms with Crippen LogP contribution in [0.25, 0.3) is 6.08 Å². The summed E-state index contributed by atoms with van der Waals surface area (Å²) in [4.78, 5) is 16.7. The second kappa shape index (κ2) is 9.19. The molecule has 1 saturated carbocycles. The second-order valence-electron chi connectivity index (χ2n) is 7.82. The Labute approximate surface area is 188 Å². The molecule has 2 fully saturated rings. The predicted octanol–water partition coefficient (Wildman–Crippen LogP) is 5.65. The van der Waals surface area contributed by atoms with Gasteiger partial charge in [0.1, 0.15) is 18.1 Å². The summed E-state index contributed by atoms with van der Waals surface area (Å²) in [7, 11) is 1.87. The molecule has 0 atom stereocenters. The number of carbonyl (C=O) groups is 1. The number of thiocarbonyl (C=S) groups is 1. The highest BCUT2D eigenvalue weighted by Gasteiger charge is 2.40. The molecule has 0 N–H and O–H groups in total. The van der Waals surface area contributed by atoms with Crippen molar-refractivity contribution in [1.82, 2.24) is 9.80 Å². The van der Waals surface area contributed by atoms with Crippen LogP contribution >= 0.6 is 23.8 Å². The first kappa shape index (κ1) is 20.9. The first-order valence-corrected chi connectivity index (χ1v) is 11.1. The molecule has 0 radical (unpaired) electrons. The average Bonchev–Trinajstić information content (AvgIpc) is 2.98. The Morgan fingerprint density at radius 2 is 1.73 bits per heavy atom. The number of halogens is 1. The van der Waals surface area contributed by atoms with Gasteiger partial charge in [-0.1, -0.05) is 55.1 Å². The molecule has 2 aromatic carbocycles. The van der Waals surface area contributed by atoms with Gasteiger partial charge in [-0.3, -0.25) is 9.69 Å². The summed E-state index contributed by atoms with van der Waals surface area (Å²) in [5.41, 5.74) is 2.62. The van der Waals surface area contributed by atoms with Gasteiger partial charge in [-0.15, -0.1) is 0 Å². The Morgan fingerprint density at radius 3 is 2.40 bits per heavy atom. The highest BCUT2D eigenvalue weighted by Crippen LogP contribution is 2.30. The van der Waals surface area contributed by atoms with Crippen molar-refractivity contribution < 1.29 is 9.53 Å². The van der Waals surface area contributed by atoms with Crippen LogP contribution in [0.4, 0.5) is 0 Å². The summed E-state index contributed by atoms with van der Waals surface area (Å²) in [5.74, 6) is 0.787. The molecular formula is C24H25ClN2O2S. The molecule has 0 spiro atoms. The third-order valence-electron chi connectivity index (χ3n) is 5.73. The predicted molar refractivity (Wildman–Crippen MR) is 124 cm³/mol. The molecule has 0 unspecified atom stereocenters. The fourth-order valence-corrected chi connectivity index (χ4v) is 4.46. The number of likely N-dealkylation sites (N-methyl/N-ethyl adjacent to an activating group) is 1. The van der Waals surface area contributed by atoms with Gasteiger partial charge in [0.25, 0.3) is 5.91 Å². The summed E-state index contributed by atoms with van der Waals surface area (Å²) in [5, 5.41) is 1.32. The Morgan fingerprint density at radius 1 is 1.07 bits per heavy atom. The van der Waals surface area contributed by atoms with Gasteiger partial charge in [0.2, 0.25) is 0 Å². The number of ether oxygens (including phenoxy) is 1. The van der Waals surface area contributed by atoms with Crippen LogP contribution in [0.1, 0.15) is 43.2 Å². The van der Waals surface area contributed by atoms with Gasteiger partial charge in [0, 0.05) is 18.1 Å². The molecule has 4 nitrogen and oxygen atoms in total. The Bertz CT molecular complexity index is 950. The summed E-state index contributed by atoms with van der Waals surface area (Å²) >= 11 is 11.5. The van der Waals surface area contributed by atoms with E-state index in [9.17, 15) is 4.79 Å². The zero-order valence-corrected chi connectivity index (χ0v) is 18.6. The highest BCUT2D eigenvalue weighted by atomic mass is 35.5. The number of carbonyl (C=O) groups excluding carboxylic acids is 1. The first-order chi connectivity index (χ1) is 14.5. The molecule has 1 saturated heterocycles. The lowest BCUT2D eigenvalue weighted by Crippen LogP contribution is -2.41. The lowest BCUT2D eigenvalue weighted by atomic mass is 9.94. The second-order valence-corrected chi connectivity index (χ2v) is 8.62. The van der Waals surface area contributed by atoms with Crippen LogP contribution < -0.4 is 4.74 Å². The molecule has 0 aromatic heterocycles. The van der Waals surface area contributed by atoms with Gasteiger partial charge >= 0.3 is 0 Å². The molecule has 156 valence electrons. The van der Waals surface area contributed by atoms with Gasteiger partial charge in [-0.2, -0.15) is 0 Å². The molecule has 6 heteroatoms. The monoisotopic (exact) mass is 440 g/mol. The van der Waals surface area contributed by atoms with E-state index in [2.05, 4.69) is 0 Å². The van der Waals surface area contributed by atoms with Crippen LogP contribution in [0, 0.1) is 0 Å². The molecule has 1 heterocycles. The molecule has 2 aromatic rings. The van der Waals surface area contributed by atoms with E-state index in [0.717, 1.165) is 42.6 Å². The smallest absolute Gasteiger partial charge is 0.277 e. The van der Waals surface area contributed by atoms with E-state index in [1.807, 2.05) is 71.5 Å². The maximum Gasteiger partial charge on any atom is 0.277 e. The van der Waals surface area contributed by atoms with Crippen LogP contribution in [0.15, 0.2) is 54.2 Å². The highest BCUT2D eigenvalue weighted by molar-refractivity contribution is 7.80. The molecule has 1 amide bonds. The number of nitrogens with zero attached hydrogens (tertiary/aromatic N) is 2. The van der Waals surface area contributed by atoms with E-state index in [1.54, 1.807) is 0 Å². The van der Waals surface area contributed by atoms with E-state index in [0.29, 0.717) is 22.4 Å².